The molecule has 1 aromatic heterocycles. The second-order valence-corrected chi connectivity index (χ2v) is 5.05. The normalized spacial score (nSPS) is 12.6. The third-order valence-corrected chi connectivity index (χ3v) is 3.49. The van der Waals surface area contributed by atoms with Gasteiger partial charge < -0.3 is 10.4 Å². The van der Waals surface area contributed by atoms with Crippen molar-refractivity contribution in [3.63, 3.8) is 0 Å². The van der Waals surface area contributed by atoms with Crippen LogP contribution in [0.1, 0.15) is 17.2 Å². The number of thiophene rings is 1. The summed E-state index contributed by atoms with van der Waals surface area (Å²) in [5, 5.41) is 18.0. The Morgan fingerprint density at radius 1 is 1.24 bits per heavy atom. The van der Waals surface area contributed by atoms with E-state index in [0.29, 0.717) is 11.6 Å². The summed E-state index contributed by atoms with van der Waals surface area (Å²) < 4.78 is 0. The lowest BCUT2D eigenvalue weighted by molar-refractivity contribution is 0.174. The summed E-state index contributed by atoms with van der Waals surface area (Å²) in [4.78, 5) is 0. The minimum atomic E-state index is -0.495. The molecule has 0 spiro atoms. The molecule has 0 bridgehead atoms. The third-order valence-electron chi connectivity index (χ3n) is 2.50. The molecule has 90 valence electrons. The summed E-state index contributed by atoms with van der Waals surface area (Å²) in [5.74, 6) is 0. The van der Waals surface area contributed by atoms with E-state index >= 15 is 0 Å². The van der Waals surface area contributed by atoms with Gasteiger partial charge in [0.1, 0.15) is 0 Å². The Balaban J connectivity index is 1.81. The molecule has 2 nitrogen and oxygen atoms in total. The summed E-state index contributed by atoms with van der Waals surface area (Å²) >= 11 is 7.47. The van der Waals surface area contributed by atoms with E-state index in [0.717, 1.165) is 12.1 Å². The van der Waals surface area contributed by atoms with Gasteiger partial charge in [-0.2, -0.15) is 11.3 Å². The van der Waals surface area contributed by atoms with Crippen LogP contribution in [0.4, 0.5) is 0 Å². The number of hydrogen-bond donors (Lipinski definition) is 2. The van der Waals surface area contributed by atoms with Gasteiger partial charge in [0, 0.05) is 18.1 Å². The van der Waals surface area contributed by atoms with Gasteiger partial charge in [0.25, 0.3) is 0 Å². The van der Waals surface area contributed by atoms with Gasteiger partial charge in [-0.1, -0.05) is 23.7 Å². The molecule has 0 radical (unpaired) electrons. The lowest BCUT2D eigenvalue weighted by atomic mass is 10.1. The standard InChI is InChI=1S/C13H14ClNOS/c14-12-3-1-11(2-4-12)13(16)8-15-7-10-5-6-17-9-10/h1-6,9,13,15-16H,7-8H2. The summed E-state index contributed by atoms with van der Waals surface area (Å²) in [6.07, 6.45) is -0.495. The van der Waals surface area contributed by atoms with Crippen LogP contribution in [0.5, 0.6) is 0 Å². The fourth-order valence-electron chi connectivity index (χ4n) is 1.55. The second kappa shape index (κ2) is 6.17. The number of nitrogens with one attached hydrogen (secondary N) is 1. The van der Waals surface area contributed by atoms with Crippen molar-refractivity contribution in [1.29, 1.82) is 0 Å². The molecule has 0 aliphatic carbocycles. The Morgan fingerprint density at radius 3 is 2.65 bits per heavy atom. The first-order valence-corrected chi connectivity index (χ1v) is 6.73. The molecular formula is C13H14ClNOS. The Kier molecular flexibility index (Phi) is 4.57. The van der Waals surface area contributed by atoms with Gasteiger partial charge in [-0.15, -0.1) is 0 Å². The first-order valence-electron chi connectivity index (χ1n) is 5.41. The molecule has 0 fully saturated rings. The van der Waals surface area contributed by atoms with Crippen LogP contribution >= 0.6 is 22.9 Å². The van der Waals surface area contributed by atoms with Crippen molar-refractivity contribution in [3.8, 4) is 0 Å². The number of benzene rings is 1. The quantitative estimate of drug-likeness (QED) is 0.872. The zero-order valence-electron chi connectivity index (χ0n) is 9.27. The van der Waals surface area contributed by atoms with E-state index in [4.69, 9.17) is 11.6 Å². The highest BCUT2D eigenvalue weighted by atomic mass is 35.5. The highest BCUT2D eigenvalue weighted by molar-refractivity contribution is 7.07. The number of rotatable bonds is 5. The number of hydrogen-bond acceptors (Lipinski definition) is 3. The highest BCUT2D eigenvalue weighted by Crippen LogP contribution is 2.16. The second-order valence-electron chi connectivity index (χ2n) is 3.83. The average Bonchev–Trinajstić information content (AvgIpc) is 2.83. The smallest absolute Gasteiger partial charge is 0.0914 e. The van der Waals surface area contributed by atoms with Gasteiger partial charge in [0.2, 0.25) is 0 Å². The minimum absolute atomic E-state index is 0.495. The Morgan fingerprint density at radius 2 is 2.00 bits per heavy atom. The van der Waals surface area contributed by atoms with Crippen LogP contribution in [0.25, 0.3) is 0 Å². The van der Waals surface area contributed by atoms with E-state index < -0.39 is 6.10 Å². The molecule has 17 heavy (non-hydrogen) atoms. The van der Waals surface area contributed by atoms with E-state index in [1.165, 1.54) is 5.56 Å². The predicted molar refractivity (Wildman–Crippen MR) is 72.4 cm³/mol. The van der Waals surface area contributed by atoms with Crippen molar-refractivity contribution in [3.05, 3.63) is 57.2 Å². The van der Waals surface area contributed by atoms with Gasteiger partial charge >= 0.3 is 0 Å². The molecule has 0 saturated heterocycles. The molecule has 1 unspecified atom stereocenters. The predicted octanol–water partition coefficient (Wildman–Crippen LogP) is 3.22. The van der Waals surface area contributed by atoms with E-state index in [2.05, 4.69) is 16.8 Å². The van der Waals surface area contributed by atoms with Gasteiger partial charge in [-0.05, 0) is 40.1 Å². The number of aliphatic hydroxyl groups is 1. The van der Waals surface area contributed by atoms with Gasteiger partial charge in [0.15, 0.2) is 0 Å². The van der Waals surface area contributed by atoms with Crippen molar-refractivity contribution in [2.24, 2.45) is 0 Å². The molecule has 2 rings (SSSR count). The van der Waals surface area contributed by atoms with E-state index in [1.807, 2.05) is 17.5 Å². The molecule has 0 aliphatic heterocycles. The van der Waals surface area contributed by atoms with Gasteiger partial charge in [0.05, 0.1) is 6.10 Å². The molecular weight excluding hydrogens is 254 g/mol. The van der Waals surface area contributed by atoms with Crippen LogP contribution in [0.15, 0.2) is 41.1 Å². The van der Waals surface area contributed by atoms with Crippen LogP contribution in [0.2, 0.25) is 5.02 Å². The van der Waals surface area contributed by atoms with Crippen molar-refractivity contribution in [1.82, 2.24) is 5.32 Å². The number of aliphatic hydroxyl groups excluding tert-OH is 1. The first-order chi connectivity index (χ1) is 8.25. The van der Waals surface area contributed by atoms with Gasteiger partial charge in [-0.25, -0.2) is 0 Å². The van der Waals surface area contributed by atoms with Crippen molar-refractivity contribution in [2.45, 2.75) is 12.6 Å². The lowest BCUT2D eigenvalue weighted by Gasteiger charge is -2.11. The van der Waals surface area contributed by atoms with Gasteiger partial charge in [-0.3, -0.25) is 0 Å². The van der Waals surface area contributed by atoms with Crippen LogP contribution in [-0.4, -0.2) is 11.7 Å². The van der Waals surface area contributed by atoms with Crippen LogP contribution in [0, 0.1) is 0 Å². The Bertz CT molecular complexity index is 441. The van der Waals surface area contributed by atoms with Crippen molar-refractivity contribution in [2.75, 3.05) is 6.54 Å². The molecule has 4 heteroatoms. The lowest BCUT2D eigenvalue weighted by Crippen LogP contribution is -2.20. The maximum Gasteiger partial charge on any atom is 0.0914 e. The Hall–Kier alpha value is -0.870. The third kappa shape index (κ3) is 3.82. The van der Waals surface area contributed by atoms with Crippen LogP contribution < -0.4 is 5.32 Å². The highest BCUT2D eigenvalue weighted by Gasteiger charge is 2.06. The van der Waals surface area contributed by atoms with E-state index in [-0.39, 0.29) is 0 Å². The zero-order chi connectivity index (χ0) is 12.1. The van der Waals surface area contributed by atoms with Crippen molar-refractivity contribution >= 4 is 22.9 Å². The van der Waals surface area contributed by atoms with Crippen molar-refractivity contribution < 1.29 is 5.11 Å². The van der Waals surface area contributed by atoms with E-state index in [1.54, 1.807) is 23.5 Å². The maximum absolute atomic E-state index is 9.94. The van der Waals surface area contributed by atoms with Crippen LogP contribution in [-0.2, 0) is 6.54 Å². The molecule has 0 aliphatic rings. The maximum atomic E-state index is 9.94. The molecule has 1 atom stereocenters. The summed E-state index contributed by atoms with van der Waals surface area (Å²) in [7, 11) is 0. The molecule has 2 N–H and O–H groups in total. The molecule has 2 aromatic rings. The van der Waals surface area contributed by atoms with E-state index in [9.17, 15) is 5.11 Å². The molecule has 1 heterocycles. The monoisotopic (exact) mass is 267 g/mol. The molecule has 1 aromatic carbocycles. The fourth-order valence-corrected chi connectivity index (χ4v) is 2.34. The SMILES string of the molecule is OC(CNCc1ccsc1)c1ccc(Cl)cc1. The molecule has 0 amide bonds. The van der Waals surface area contributed by atoms with Crippen LogP contribution in [0.3, 0.4) is 0 Å². The fraction of sp³-hybridized carbons (Fsp3) is 0.231. The zero-order valence-corrected chi connectivity index (χ0v) is 10.8. The topological polar surface area (TPSA) is 32.3 Å². The largest absolute Gasteiger partial charge is 0.387 e. The summed E-state index contributed by atoms with van der Waals surface area (Å²) in [5.41, 5.74) is 2.13. The summed E-state index contributed by atoms with van der Waals surface area (Å²) in [6.45, 7) is 1.33. The first kappa shape index (κ1) is 12.6. The average molecular weight is 268 g/mol. The minimum Gasteiger partial charge on any atom is -0.387 e. The Labute approximate surface area is 110 Å². The molecule has 0 saturated carbocycles. The number of halogens is 1. The summed E-state index contributed by atoms with van der Waals surface area (Å²) in [6, 6.07) is 9.35.